The molecular weight excluding hydrogens is 681 g/mol. The van der Waals surface area contributed by atoms with Gasteiger partial charge >= 0.3 is 0 Å². The Kier molecular flexibility index (Phi) is 22.0. The molecule has 7 aliphatic rings. The van der Waals surface area contributed by atoms with Gasteiger partial charge in [-0.2, -0.15) is 0 Å². The van der Waals surface area contributed by atoms with Crippen LogP contribution in [0.5, 0.6) is 0 Å². The van der Waals surface area contributed by atoms with Crippen molar-refractivity contribution in [3.05, 3.63) is 0 Å². The lowest BCUT2D eigenvalue weighted by Gasteiger charge is -2.41. The first-order valence-electron chi connectivity index (χ1n) is 23.4. The van der Waals surface area contributed by atoms with E-state index in [1.807, 2.05) is 0 Å². The number of hydrogen-bond acceptors (Lipinski definition) is 7. The van der Waals surface area contributed by atoms with Gasteiger partial charge in [-0.15, -0.1) is 0 Å². The smallest absolute Gasteiger partial charge is 0.0672 e. The molecule has 1 unspecified atom stereocenters. The average molecular weight is 781 g/mol. The summed E-state index contributed by atoms with van der Waals surface area (Å²) >= 11 is 0. The fourth-order valence-electron chi connectivity index (χ4n) is 7.71. The summed E-state index contributed by atoms with van der Waals surface area (Å²) in [5.41, 5.74) is 24.3. The largest absolute Gasteiger partial charge is 0.390 e. The van der Waals surface area contributed by atoms with E-state index in [1.54, 1.807) is 0 Å². The molecule has 330 valence electrons. The highest BCUT2D eigenvalue weighted by molar-refractivity contribution is 5.01. The second kappa shape index (κ2) is 22.9. The van der Waals surface area contributed by atoms with Crippen molar-refractivity contribution in [2.24, 2.45) is 64.4 Å². The Morgan fingerprint density at radius 2 is 0.636 bits per heavy atom. The van der Waals surface area contributed by atoms with Gasteiger partial charge in [0, 0.05) is 28.8 Å². The molecule has 1 aliphatic heterocycles. The standard InChI is InChI=1S/2C8H17N.C7H15N.C7H14O.C6H13N.2C6H12O/c2*1-7(2)8(9)5-3-4-6-8;2*1-6(2)7(8)4-3-5-7;1-5(2)6(7)3-4-6;1-5(2)6-3-4-7-6;1-5(2)6(7)3-4-6/h2*7H,3-6,9H2,1-2H3;6H,3-5,8H2,1-2H3;6,8H,3-5H2,1-2H3;5H,3-4,7H2,1-2H3;5-6H,3-4H2,1-2H3;5,7H,3-4H2,1-2H3. The molecule has 0 bridgehead atoms. The zero-order chi connectivity index (χ0) is 42.5. The first kappa shape index (κ1) is 52.7. The van der Waals surface area contributed by atoms with Gasteiger partial charge in [-0.3, -0.25) is 0 Å². The molecule has 7 fully saturated rings. The van der Waals surface area contributed by atoms with Crippen LogP contribution in [0.15, 0.2) is 0 Å². The SMILES string of the molecule is CC(C)C1(N)CC1.CC(C)C1(N)CCC1.CC(C)C1(N)CCCC1.CC(C)C1(N)CCCC1.CC(C)C1(O)CC1.CC(C)C1(O)CCC1.CC(C)C1CCO1. The van der Waals surface area contributed by atoms with Crippen LogP contribution in [0.4, 0.5) is 0 Å². The molecule has 0 aromatic carbocycles. The van der Waals surface area contributed by atoms with Crippen LogP contribution in [0.2, 0.25) is 0 Å². The minimum Gasteiger partial charge on any atom is -0.390 e. The third-order valence-electron chi connectivity index (χ3n) is 15.4. The molecule has 55 heavy (non-hydrogen) atoms. The van der Waals surface area contributed by atoms with Crippen molar-refractivity contribution in [1.82, 2.24) is 0 Å². The summed E-state index contributed by atoms with van der Waals surface area (Å²) < 4.78 is 5.19. The van der Waals surface area contributed by atoms with Gasteiger partial charge in [-0.25, -0.2) is 0 Å². The van der Waals surface area contributed by atoms with Gasteiger partial charge in [0.15, 0.2) is 0 Å². The second-order valence-corrected chi connectivity index (χ2v) is 21.6. The van der Waals surface area contributed by atoms with Crippen molar-refractivity contribution in [2.75, 3.05) is 6.61 Å². The minimum absolute atomic E-state index is 0.194. The van der Waals surface area contributed by atoms with E-state index in [1.165, 1.54) is 96.3 Å². The monoisotopic (exact) mass is 781 g/mol. The predicted octanol–water partition coefficient (Wildman–Crippen LogP) is 10.6. The predicted molar refractivity (Wildman–Crippen MR) is 239 cm³/mol. The lowest BCUT2D eigenvalue weighted by molar-refractivity contribution is -0.0763. The summed E-state index contributed by atoms with van der Waals surface area (Å²) in [6.45, 7) is 31.4. The average Bonchev–Trinajstić information content (AvgIpc) is 3.87. The van der Waals surface area contributed by atoms with Gasteiger partial charge in [-0.1, -0.05) is 123 Å². The summed E-state index contributed by atoms with van der Waals surface area (Å²) in [5.74, 6) is 4.35. The van der Waals surface area contributed by atoms with E-state index >= 15 is 0 Å². The third kappa shape index (κ3) is 17.9. The van der Waals surface area contributed by atoms with E-state index < -0.39 is 0 Å². The maximum absolute atomic E-state index is 9.49. The van der Waals surface area contributed by atoms with Crippen molar-refractivity contribution < 1.29 is 14.9 Å². The number of nitrogens with two attached hydrogens (primary N) is 4. The summed E-state index contributed by atoms with van der Waals surface area (Å²) in [6.07, 6.45) is 23.8. The highest BCUT2D eigenvalue weighted by Gasteiger charge is 2.43. The molecule has 1 saturated heterocycles. The highest BCUT2D eigenvalue weighted by atomic mass is 16.5. The van der Waals surface area contributed by atoms with Gasteiger partial charge in [0.05, 0.1) is 17.3 Å². The van der Waals surface area contributed by atoms with E-state index in [9.17, 15) is 10.2 Å². The lowest BCUT2D eigenvalue weighted by Crippen LogP contribution is -2.50. The lowest BCUT2D eigenvalue weighted by atomic mass is 9.70. The van der Waals surface area contributed by atoms with Gasteiger partial charge < -0.3 is 37.9 Å². The summed E-state index contributed by atoms with van der Waals surface area (Å²) in [7, 11) is 0. The normalized spacial score (nSPS) is 26.1. The Balaban J connectivity index is 0.000000322. The van der Waals surface area contributed by atoms with Crippen LogP contribution < -0.4 is 22.9 Å². The van der Waals surface area contributed by atoms with Crippen molar-refractivity contribution in [3.63, 3.8) is 0 Å². The van der Waals surface area contributed by atoms with Gasteiger partial charge in [-0.05, 0) is 138 Å². The number of hydrogen-bond donors (Lipinski definition) is 6. The maximum atomic E-state index is 9.49. The van der Waals surface area contributed by atoms with E-state index in [4.69, 9.17) is 27.7 Å². The highest BCUT2D eigenvalue weighted by Crippen LogP contribution is 2.42. The number of rotatable bonds is 7. The molecule has 6 aliphatic carbocycles. The first-order chi connectivity index (χ1) is 25.2. The quantitative estimate of drug-likeness (QED) is 0.150. The van der Waals surface area contributed by atoms with E-state index in [2.05, 4.69) is 96.9 Å². The molecule has 0 spiro atoms. The van der Waals surface area contributed by atoms with Gasteiger partial charge in [0.25, 0.3) is 0 Å². The molecule has 7 rings (SSSR count). The zero-order valence-corrected chi connectivity index (χ0v) is 39.4. The Morgan fingerprint density at radius 3 is 0.673 bits per heavy atom. The van der Waals surface area contributed by atoms with Crippen LogP contribution >= 0.6 is 0 Å². The van der Waals surface area contributed by atoms with Crippen molar-refractivity contribution in [1.29, 1.82) is 0 Å². The van der Waals surface area contributed by atoms with Crippen LogP contribution in [0.25, 0.3) is 0 Å². The third-order valence-corrected chi connectivity index (χ3v) is 15.4. The first-order valence-corrected chi connectivity index (χ1v) is 23.4. The zero-order valence-electron chi connectivity index (χ0n) is 39.4. The molecular formula is C48H100N4O3. The number of ether oxygens (including phenoxy) is 1. The molecule has 7 nitrogen and oxygen atoms in total. The summed E-state index contributed by atoms with van der Waals surface area (Å²) in [4.78, 5) is 0. The van der Waals surface area contributed by atoms with Crippen LogP contribution in [-0.4, -0.2) is 56.3 Å². The second-order valence-electron chi connectivity index (χ2n) is 21.6. The molecule has 6 saturated carbocycles. The molecule has 0 radical (unpaired) electrons. The number of aliphatic hydroxyl groups is 2. The van der Waals surface area contributed by atoms with E-state index in [-0.39, 0.29) is 33.4 Å². The van der Waals surface area contributed by atoms with Crippen LogP contribution in [0.3, 0.4) is 0 Å². The fraction of sp³-hybridized carbons (Fsp3) is 1.00. The summed E-state index contributed by atoms with van der Waals surface area (Å²) in [6, 6.07) is 0. The maximum Gasteiger partial charge on any atom is 0.0672 e. The van der Waals surface area contributed by atoms with Crippen LogP contribution in [0, 0.1) is 41.4 Å². The molecule has 10 N–H and O–H groups in total. The fourth-order valence-corrected chi connectivity index (χ4v) is 7.71. The van der Waals surface area contributed by atoms with Gasteiger partial charge in [0.1, 0.15) is 0 Å². The molecule has 1 atom stereocenters. The Bertz CT molecular complexity index is 934. The molecule has 0 amide bonds. The van der Waals surface area contributed by atoms with E-state index in [0.29, 0.717) is 41.6 Å². The molecule has 7 heteroatoms. The van der Waals surface area contributed by atoms with Crippen molar-refractivity contribution in [3.8, 4) is 0 Å². The molecule has 0 aromatic heterocycles. The molecule has 1 heterocycles. The minimum atomic E-state index is -0.278. The van der Waals surface area contributed by atoms with Crippen molar-refractivity contribution >= 4 is 0 Å². The molecule has 0 aromatic rings. The Hall–Kier alpha value is -0.280. The van der Waals surface area contributed by atoms with Crippen LogP contribution in [-0.2, 0) is 4.74 Å². The Labute approximate surface area is 343 Å². The van der Waals surface area contributed by atoms with Crippen LogP contribution in [0.1, 0.15) is 219 Å². The van der Waals surface area contributed by atoms with Gasteiger partial charge in [0.2, 0.25) is 0 Å². The topological polar surface area (TPSA) is 154 Å². The van der Waals surface area contributed by atoms with Crippen molar-refractivity contribution in [2.45, 2.75) is 258 Å². The van der Waals surface area contributed by atoms with E-state index in [0.717, 1.165) is 38.2 Å². The Morgan fingerprint density at radius 1 is 0.382 bits per heavy atom. The summed E-state index contributed by atoms with van der Waals surface area (Å²) in [5, 5.41) is 18.7.